The molecule has 0 bridgehead atoms. The van der Waals surface area contributed by atoms with E-state index in [2.05, 4.69) is 15.6 Å². The quantitative estimate of drug-likeness (QED) is 0.876. The molecular weight excluding hydrogens is 308 g/mol. The van der Waals surface area contributed by atoms with E-state index in [0.717, 1.165) is 29.3 Å². The van der Waals surface area contributed by atoms with E-state index in [9.17, 15) is 4.79 Å². The van der Waals surface area contributed by atoms with Crippen LogP contribution in [-0.2, 0) is 22.7 Å². The molecule has 1 aliphatic rings. The van der Waals surface area contributed by atoms with Crippen molar-refractivity contribution in [2.24, 2.45) is 5.16 Å². The molecule has 7 heteroatoms. The van der Waals surface area contributed by atoms with E-state index in [0.29, 0.717) is 13.0 Å². The van der Waals surface area contributed by atoms with Crippen LogP contribution in [0.2, 0.25) is 0 Å². The Morgan fingerprint density at radius 2 is 2.17 bits per heavy atom. The second kappa shape index (κ2) is 7.16. The third-order valence-electron chi connectivity index (χ3n) is 3.85. The maximum absolute atomic E-state index is 12.2. The molecule has 126 valence electrons. The number of hydrogen-bond acceptors (Lipinski definition) is 5. The highest BCUT2D eigenvalue weighted by Gasteiger charge is 2.28. The summed E-state index contributed by atoms with van der Waals surface area (Å²) in [5, 5.41) is 11.2. The zero-order valence-corrected chi connectivity index (χ0v) is 13.7. The summed E-state index contributed by atoms with van der Waals surface area (Å²) < 4.78 is 6.95. The van der Waals surface area contributed by atoms with E-state index in [4.69, 9.17) is 9.57 Å². The van der Waals surface area contributed by atoms with Gasteiger partial charge in [-0.3, -0.25) is 9.48 Å². The molecule has 1 unspecified atom stereocenters. The molecule has 1 N–H and O–H groups in total. The molecule has 0 saturated carbocycles. The van der Waals surface area contributed by atoms with E-state index in [1.165, 1.54) is 0 Å². The molecule has 1 amide bonds. The molecule has 0 radical (unpaired) electrons. The minimum atomic E-state index is -0.602. The van der Waals surface area contributed by atoms with Crippen molar-refractivity contribution in [3.8, 4) is 5.75 Å². The third kappa shape index (κ3) is 3.56. The van der Waals surface area contributed by atoms with Crippen LogP contribution in [0.3, 0.4) is 0 Å². The highest BCUT2D eigenvalue weighted by molar-refractivity contribution is 6.04. The van der Waals surface area contributed by atoms with E-state index < -0.39 is 6.10 Å². The summed E-state index contributed by atoms with van der Waals surface area (Å²) in [6.45, 7) is 3.20. The number of aromatic nitrogens is 2. The average Bonchev–Trinajstić information content (AvgIpc) is 3.29. The predicted octanol–water partition coefficient (Wildman–Crippen LogP) is 1.72. The van der Waals surface area contributed by atoms with Crippen LogP contribution in [0.15, 0.2) is 41.7 Å². The van der Waals surface area contributed by atoms with Crippen LogP contribution in [-0.4, -0.2) is 34.6 Å². The van der Waals surface area contributed by atoms with E-state index in [1.807, 2.05) is 48.1 Å². The molecule has 1 atom stereocenters. The van der Waals surface area contributed by atoms with Gasteiger partial charge in [-0.05, 0) is 42.8 Å². The van der Waals surface area contributed by atoms with E-state index in [1.54, 1.807) is 7.11 Å². The SMILES string of the molecule is CCn1ccc(CNC(=O)C2CC(c3ccc(OC)cc3)=NO2)n1. The molecule has 1 aromatic carbocycles. The molecule has 1 aliphatic heterocycles. The van der Waals surface area contributed by atoms with Crippen molar-refractivity contribution < 1.29 is 14.4 Å². The molecular formula is C17H20N4O3. The number of carbonyl (C=O) groups excluding carboxylic acids is 1. The smallest absolute Gasteiger partial charge is 0.264 e. The number of nitrogens with one attached hydrogen (secondary N) is 1. The summed E-state index contributed by atoms with van der Waals surface area (Å²) in [5.74, 6) is 0.590. The number of aryl methyl sites for hydroxylation is 1. The zero-order chi connectivity index (χ0) is 16.9. The van der Waals surface area contributed by atoms with Crippen LogP contribution in [0.1, 0.15) is 24.6 Å². The summed E-state index contributed by atoms with van der Waals surface area (Å²) in [5.41, 5.74) is 2.50. The van der Waals surface area contributed by atoms with E-state index in [-0.39, 0.29) is 5.91 Å². The Hall–Kier alpha value is -2.83. The summed E-state index contributed by atoms with van der Waals surface area (Å²) in [6, 6.07) is 9.40. The van der Waals surface area contributed by atoms with Gasteiger partial charge < -0.3 is 14.9 Å². The van der Waals surface area contributed by atoms with Crippen molar-refractivity contribution in [2.45, 2.75) is 32.5 Å². The Bertz CT molecular complexity index is 737. The fraction of sp³-hybridized carbons (Fsp3) is 0.353. The second-order valence-corrected chi connectivity index (χ2v) is 5.45. The van der Waals surface area contributed by atoms with Gasteiger partial charge in [-0.15, -0.1) is 0 Å². The van der Waals surface area contributed by atoms with Gasteiger partial charge in [-0.2, -0.15) is 5.10 Å². The Labute approximate surface area is 140 Å². The van der Waals surface area contributed by atoms with Gasteiger partial charge >= 0.3 is 0 Å². The van der Waals surface area contributed by atoms with Gasteiger partial charge in [0, 0.05) is 19.2 Å². The van der Waals surface area contributed by atoms with Crippen LogP contribution >= 0.6 is 0 Å². The number of oxime groups is 1. The summed E-state index contributed by atoms with van der Waals surface area (Å²) in [7, 11) is 1.62. The Morgan fingerprint density at radius 3 is 2.83 bits per heavy atom. The topological polar surface area (TPSA) is 77.7 Å². The first-order valence-electron chi connectivity index (χ1n) is 7.86. The molecule has 3 rings (SSSR count). The zero-order valence-electron chi connectivity index (χ0n) is 13.7. The summed E-state index contributed by atoms with van der Waals surface area (Å²) >= 11 is 0. The number of hydrogen-bond donors (Lipinski definition) is 1. The fourth-order valence-electron chi connectivity index (χ4n) is 2.44. The molecule has 2 heterocycles. The van der Waals surface area contributed by atoms with E-state index >= 15 is 0 Å². The van der Waals surface area contributed by atoms with Gasteiger partial charge in [-0.1, -0.05) is 5.16 Å². The molecule has 0 saturated heterocycles. The molecule has 2 aromatic rings. The average molecular weight is 328 g/mol. The van der Waals surface area contributed by atoms with Crippen LogP contribution in [0.5, 0.6) is 5.75 Å². The second-order valence-electron chi connectivity index (χ2n) is 5.45. The number of ether oxygens (including phenoxy) is 1. The molecule has 0 aliphatic carbocycles. The predicted molar refractivity (Wildman–Crippen MR) is 88.8 cm³/mol. The number of methoxy groups -OCH3 is 1. The lowest BCUT2D eigenvalue weighted by Crippen LogP contribution is -2.34. The highest BCUT2D eigenvalue weighted by atomic mass is 16.6. The Balaban J connectivity index is 1.52. The van der Waals surface area contributed by atoms with Crippen LogP contribution in [0.25, 0.3) is 0 Å². The molecule has 1 aromatic heterocycles. The lowest BCUT2D eigenvalue weighted by atomic mass is 10.0. The number of nitrogens with zero attached hydrogens (tertiary/aromatic N) is 3. The highest BCUT2D eigenvalue weighted by Crippen LogP contribution is 2.19. The number of carbonyl (C=O) groups is 1. The summed E-state index contributed by atoms with van der Waals surface area (Å²) in [6.07, 6.45) is 1.73. The Kier molecular flexibility index (Phi) is 4.79. The number of amides is 1. The third-order valence-corrected chi connectivity index (χ3v) is 3.85. The number of benzene rings is 1. The first kappa shape index (κ1) is 16.0. The van der Waals surface area contributed by atoms with Crippen molar-refractivity contribution in [1.29, 1.82) is 0 Å². The monoisotopic (exact) mass is 328 g/mol. The molecule has 24 heavy (non-hydrogen) atoms. The maximum Gasteiger partial charge on any atom is 0.264 e. The Morgan fingerprint density at radius 1 is 1.38 bits per heavy atom. The first-order chi connectivity index (χ1) is 11.7. The van der Waals surface area contributed by atoms with Crippen molar-refractivity contribution in [3.63, 3.8) is 0 Å². The lowest BCUT2D eigenvalue weighted by Gasteiger charge is -2.08. The van der Waals surface area contributed by atoms with Crippen molar-refractivity contribution in [3.05, 3.63) is 47.8 Å². The lowest BCUT2D eigenvalue weighted by molar-refractivity contribution is -0.131. The van der Waals surface area contributed by atoms with Crippen molar-refractivity contribution >= 4 is 11.6 Å². The van der Waals surface area contributed by atoms with Crippen LogP contribution in [0, 0.1) is 0 Å². The summed E-state index contributed by atoms with van der Waals surface area (Å²) in [4.78, 5) is 17.5. The van der Waals surface area contributed by atoms with Gasteiger partial charge in [-0.25, -0.2) is 0 Å². The normalized spacial score (nSPS) is 16.4. The van der Waals surface area contributed by atoms with Crippen molar-refractivity contribution in [2.75, 3.05) is 7.11 Å². The maximum atomic E-state index is 12.2. The van der Waals surface area contributed by atoms with Gasteiger partial charge in [0.15, 0.2) is 0 Å². The standard InChI is InChI=1S/C17H20N4O3/c1-3-21-9-8-13(19-21)11-18-17(22)16-10-15(20-24-16)12-4-6-14(23-2)7-5-12/h4-9,16H,3,10-11H2,1-2H3,(H,18,22). The van der Waals surface area contributed by atoms with Gasteiger partial charge in [0.25, 0.3) is 5.91 Å². The minimum Gasteiger partial charge on any atom is -0.497 e. The first-order valence-corrected chi connectivity index (χ1v) is 7.86. The molecule has 0 fully saturated rings. The number of rotatable bonds is 6. The fourth-order valence-corrected chi connectivity index (χ4v) is 2.44. The van der Waals surface area contributed by atoms with Gasteiger partial charge in [0.1, 0.15) is 5.75 Å². The molecule has 7 nitrogen and oxygen atoms in total. The van der Waals surface area contributed by atoms with Gasteiger partial charge in [0.05, 0.1) is 25.1 Å². The minimum absolute atomic E-state index is 0.187. The molecule has 0 spiro atoms. The largest absolute Gasteiger partial charge is 0.497 e. The van der Waals surface area contributed by atoms with Crippen LogP contribution in [0.4, 0.5) is 0 Å². The van der Waals surface area contributed by atoms with Gasteiger partial charge in [0.2, 0.25) is 6.10 Å². The van der Waals surface area contributed by atoms with Crippen molar-refractivity contribution in [1.82, 2.24) is 15.1 Å². The van der Waals surface area contributed by atoms with Crippen LogP contribution < -0.4 is 10.1 Å².